The Hall–Kier alpha value is -1.36. The summed E-state index contributed by atoms with van der Waals surface area (Å²) >= 11 is 0. The highest BCUT2D eigenvalue weighted by Crippen LogP contribution is 2.13. The van der Waals surface area contributed by atoms with Crippen LogP contribution >= 0.6 is 0 Å². The smallest absolute Gasteiger partial charge is 0.133 e. The minimum absolute atomic E-state index is 0.400. The predicted octanol–water partition coefficient (Wildman–Crippen LogP) is 2.22. The van der Waals surface area contributed by atoms with Gasteiger partial charge < -0.3 is 15.5 Å². The lowest BCUT2D eigenvalue weighted by atomic mass is 10.2. The molecule has 1 rings (SSSR count). The van der Waals surface area contributed by atoms with Crippen LogP contribution in [0.4, 0.5) is 11.6 Å². The van der Waals surface area contributed by atoms with Gasteiger partial charge in [0.2, 0.25) is 0 Å². The molecule has 1 heterocycles. The molecule has 0 aromatic carbocycles. The van der Waals surface area contributed by atoms with Crippen molar-refractivity contribution in [2.45, 2.75) is 39.2 Å². The summed E-state index contributed by atoms with van der Waals surface area (Å²) in [7, 11) is 6.07. The maximum atomic E-state index is 4.56. The molecule has 0 aliphatic carbocycles. The number of aromatic nitrogens is 2. The maximum absolute atomic E-state index is 4.56. The molecular weight excluding hydrogens is 238 g/mol. The third-order valence-corrected chi connectivity index (χ3v) is 2.91. The largest absolute Gasteiger partial charge is 0.373 e. The van der Waals surface area contributed by atoms with Gasteiger partial charge in [-0.05, 0) is 40.4 Å². The zero-order chi connectivity index (χ0) is 14.3. The minimum Gasteiger partial charge on any atom is -0.373 e. The molecule has 5 heteroatoms. The van der Waals surface area contributed by atoms with Crippen LogP contribution in [0.1, 0.15) is 32.5 Å². The van der Waals surface area contributed by atoms with E-state index in [0.29, 0.717) is 6.04 Å². The van der Waals surface area contributed by atoms with Crippen molar-refractivity contribution in [3.63, 3.8) is 0 Å². The summed E-state index contributed by atoms with van der Waals surface area (Å²) in [4.78, 5) is 11.2. The second kappa shape index (κ2) is 7.94. The van der Waals surface area contributed by atoms with Gasteiger partial charge in [0.1, 0.15) is 17.5 Å². The number of hydrogen-bond donors (Lipinski definition) is 2. The van der Waals surface area contributed by atoms with E-state index in [1.807, 2.05) is 13.1 Å². The van der Waals surface area contributed by atoms with Crippen molar-refractivity contribution in [2.24, 2.45) is 0 Å². The van der Waals surface area contributed by atoms with E-state index in [1.54, 1.807) is 0 Å². The lowest BCUT2D eigenvalue weighted by Crippen LogP contribution is -2.23. The zero-order valence-corrected chi connectivity index (χ0v) is 12.8. The number of aryl methyl sites for hydroxylation is 1. The van der Waals surface area contributed by atoms with Gasteiger partial charge in [-0.3, -0.25) is 0 Å². The first-order valence-electron chi connectivity index (χ1n) is 7.02. The molecular formula is C14H27N5. The molecule has 0 amide bonds. The van der Waals surface area contributed by atoms with Gasteiger partial charge in [0.15, 0.2) is 0 Å². The van der Waals surface area contributed by atoms with Crippen LogP contribution in [0.25, 0.3) is 0 Å². The highest BCUT2D eigenvalue weighted by atomic mass is 15.1. The lowest BCUT2D eigenvalue weighted by Gasteiger charge is -2.18. The van der Waals surface area contributed by atoms with Crippen molar-refractivity contribution in [2.75, 3.05) is 38.3 Å². The van der Waals surface area contributed by atoms with E-state index in [4.69, 9.17) is 0 Å². The molecule has 0 radical (unpaired) electrons. The van der Waals surface area contributed by atoms with Crippen LogP contribution in [0.5, 0.6) is 0 Å². The summed E-state index contributed by atoms with van der Waals surface area (Å²) in [5.74, 6) is 2.69. The van der Waals surface area contributed by atoms with Gasteiger partial charge >= 0.3 is 0 Å². The molecule has 0 saturated carbocycles. The van der Waals surface area contributed by atoms with Gasteiger partial charge in [-0.1, -0.05) is 6.92 Å². The van der Waals surface area contributed by atoms with Crippen molar-refractivity contribution in [1.29, 1.82) is 0 Å². The molecule has 0 spiro atoms. The monoisotopic (exact) mass is 265 g/mol. The van der Waals surface area contributed by atoms with Gasteiger partial charge in [0.05, 0.1) is 0 Å². The minimum atomic E-state index is 0.400. The topological polar surface area (TPSA) is 53.1 Å². The molecule has 108 valence electrons. The normalized spacial score (nSPS) is 12.5. The molecule has 19 heavy (non-hydrogen) atoms. The van der Waals surface area contributed by atoms with Gasteiger partial charge in [-0.25, -0.2) is 9.97 Å². The Bertz CT molecular complexity index is 378. The number of rotatable bonds is 8. The van der Waals surface area contributed by atoms with E-state index in [9.17, 15) is 0 Å². The van der Waals surface area contributed by atoms with Crippen LogP contribution in [-0.2, 0) is 6.42 Å². The van der Waals surface area contributed by atoms with Crippen molar-refractivity contribution >= 4 is 11.6 Å². The van der Waals surface area contributed by atoms with Crippen molar-refractivity contribution in [3.8, 4) is 0 Å². The van der Waals surface area contributed by atoms with Crippen molar-refractivity contribution in [1.82, 2.24) is 14.9 Å². The fourth-order valence-corrected chi connectivity index (χ4v) is 1.81. The molecule has 5 nitrogen and oxygen atoms in total. The van der Waals surface area contributed by atoms with E-state index in [1.165, 1.54) is 0 Å². The summed E-state index contributed by atoms with van der Waals surface area (Å²) in [5, 5.41) is 6.54. The van der Waals surface area contributed by atoms with Gasteiger partial charge in [0.25, 0.3) is 0 Å². The van der Waals surface area contributed by atoms with Crippen LogP contribution in [0.15, 0.2) is 6.07 Å². The highest BCUT2D eigenvalue weighted by Gasteiger charge is 2.07. The second-order valence-corrected chi connectivity index (χ2v) is 5.19. The average molecular weight is 265 g/mol. The molecule has 0 bridgehead atoms. The molecule has 0 saturated heterocycles. The number of nitrogens with one attached hydrogen (secondary N) is 2. The zero-order valence-electron chi connectivity index (χ0n) is 12.8. The van der Waals surface area contributed by atoms with Gasteiger partial charge in [0, 0.05) is 25.6 Å². The Balaban J connectivity index is 2.67. The number of anilines is 2. The summed E-state index contributed by atoms with van der Waals surface area (Å²) < 4.78 is 0. The molecule has 2 N–H and O–H groups in total. The SMILES string of the molecule is CCCc1nc(NC)cc(NC(C)CCN(C)C)n1. The van der Waals surface area contributed by atoms with E-state index < -0.39 is 0 Å². The number of nitrogens with zero attached hydrogens (tertiary/aromatic N) is 3. The van der Waals surface area contributed by atoms with Crippen molar-refractivity contribution in [3.05, 3.63) is 11.9 Å². The number of hydrogen-bond acceptors (Lipinski definition) is 5. The Morgan fingerprint density at radius 1 is 1.26 bits per heavy atom. The fourth-order valence-electron chi connectivity index (χ4n) is 1.81. The average Bonchev–Trinajstić information content (AvgIpc) is 2.36. The third-order valence-electron chi connectivity index (χ3n) is 2.91. The van der Waals surface area contributed by atoms with E-state index >= 15 is 0 Å². The first kappa shape index (κ1) is 15.7. The predicted molar refractivity (Wildman–Crippen MR) is 81.8 cm³/mol. The summed E-state index contributed by atoms with van der Waals surface area (Å²) in [6.45, 7) is 5.40. The second-order valence-electron chi connectivity index (χ2n) is 5.19. The molecule has 0 aliphatic rings. The molecule has 1 atom stereocenters. The summed E-state index contributed by atoms with van der Waals surface area (Å²) in [6.07, 6.45) is 3.06. The molecule has 1 unspecified atom stereocenters. The summed E-state index contributed by atoms with van der Waals surface area (Å²) in [6, 6.07) is 2.36. The maximum Gasteiger partial charge on any atom is 0.133 e. The Labute approximate surface area is 116 Å². The molecule has 1 aromatic rings. The van der Waals surface area contributed by atoms with Crippen LogP contribution < -0.4 is 10.6 Å². The first-order chi connectivity index (χ1) is 9.05. The van der Waals surface area contributed by atoms with E-state index in [0.717, 1.165) is 43.3 Å². The van der Waals surface area contributed by atoms with Gasteiger partial charge in [-0.2, -0.15) is 0 Å². The Morgan fingerprint density at radius 2 is 1.95 bits per heavy atom. The standard InChI is InChI=1S/C14H27N5/c1-6-7-12-17-13(15-3)10-14(18-12)16-11(2)8-9-19(4)5/h10-11H,6-9H2,1-5H3,(H2,15,16,17,18). The Morgan fingerprint density at radius 3 is 2.53 bits per heavy atom. The molecule has 1 aromatic heterocycles. The van der Waals surface area contributed by atoms with Gasteiger partial charge in [-0.15, -0.1) is 0 Å². The quantitative estimate of drug-likeness (QED) is 0.755. The summed E-state index contributed by atoms with van der Waals surface area (Å²) in [5.41, 5.74) is 0. The molecule has 0 aliphatic heterocycles. The van der Waals surface area contributed by atoms with Crippen molar-refractivity contribution < 1.29 is 0 Å². The fraction of sp³-hybridized carbons (Fsp3) is 0.714. The van der Waals surface area contributed by atoms with Crippen LogP contribution in [0.2, 0.25) is 0 Å². The molecule has 0 fully saturated rings. The Kier molecular flexibility index (Phi) is 6.56. The lowest BCUT2D eigenvalue weighted by molar-refractivity contribution is 0.390. The highest BCUT2D eigenvalue weighted by molar-refractivity contribution is 5.47. The van der Waals surface area contributed by atoms with Crippen LogP contribution in [0, 0.1) is 0 Å². The first-order valence-corrected chi connectivity index (χ1v) is 7.02. The van der Waals surface area contributed by atoms with Crippen LogP contribution in [-0.4, -0.2) is 48.6 Å². The third kappa shape index (κ3) is 5.87. The van der Waals surface area contributed by atoms with Crippen LogP contribution in [0.3, 0.4) is 0 Å². The van der Waals surface area contributed by atoms with E-state index in [-0.39, 0.29) is 0 Å². The van der Waals surface area contributed by atoms with E-state index in [2.05, 4.69) is 53.4 Å².